The molecule has 19 atom stereocenters. The minimum Gasteiger partial charge on any atom is -0.396 e. The number of hydrogen-bond acceptors (Lipinski definition) is 17. The Morgan fingerprint density at radius 1 is 0.662 bits per heavy atom. The molecule has 2 heterocycles. The molecule has 0 aromatic heterocycles. The van der Waals surface area contributed by atoms with Gasteiger partial charge >= 0.3 is 0 Å². The average Bonchev–Trinajstić information content (AvgIpc) is 3.27. The number of aliphatic hydroxyl groups is 15. The molecule has 0 saturated carbocycles. The van der Waals surface area contributed by atoms with Crippen LogP contribution in [0.1, 0.15) is 90.9 Å². The molecular formula is C48H80O17. The fourth-order valence-electron chi connectivity index (χ4n) is 7.79. The molecule has 0 aromatic carbocycles. The van der Waals surface area contributed by atoms with Gasteiger partial charge in [0.25, 0.3) is 0 Å². The van der Waals surface area contributed by atoms with Crippen molar-refractivity contribution in [2.75, 3.05) is 6.61 Å². The Balaban J connectivity index is 1.91. The molecule has 2 rings (SSSR count). The molecule has 2 fully saturated rings. The van der Waals surface area contributed by atoms with Gasteiger partial charge in [0.1, 0.15) is 61.0 Å². The number of rotatable bonds is 30. The van der Waals surface area contributed by atoms with E-state index in [0.717, 1.165) is 12.8 Å². The Hall–Kier alpha value is -2.50. The van der Waals surface area contributed by atoms with Gasteiger partial charge in [-0.3, -0.25) is 0 Å². The summed E-state index contributed by atoms with van der Waals surface area (Å²) in [7, 11) is 0. The van der Waals surface area contributed by atoms with Crippen molar-refractivity contribution in [1.82, 2.24) is 0 Å². The molecular weight excluding hydrogens is 849 g/mol. The number of aliphatic hydroxyl groups excluding tert-OH is 15. The molecule has 2 aliphatic rings. The van der Waals surface area contributed by atoms with Crippen LogP contribution in [0.5, 0.6) is 0 Å². The molecule has 0 radical (unpaired) electrons. The van der Waals surface area contributed by atoms with Gasteiger partial charge in [-0.25, -0.2) is 0 Å². The highest BCUT2D eigenvalue weighted by molar-refractivity contribution is 5.12. The van der Waals surface area contributed by atoms with E-state index < -0.39 is 110 Å². The van der Waals surface area contributed by atoms with Gasteiger partial charge in [0.15, 0.2) is 0 Å². The maximum atomic E-state index is 11.1. The monoisotopic (exact) mass is 929 g/mol. The third-order valence-corrected chi connectivity index (χ3v) is 12.1. The summed E-state index contributed by atoms with van der Waals surface area (Å²) in [6, 6.07) is 0. The van der Waals surface area contributed by atoms with E-state index in [1.807, 2.05) is 42.5 Å². The van der Waals surface area contributed by atoms with Gasteiger partial charge in [-0.2, -0.15) is 0 Å². The maximum absolute atomic E-state index is 11.1. The zero-order valence-electron chi connectivity index (χ0n) is 37.9. The van der Waals surface area contributed by atoms with Crippen LogP contribution in [-0.2, 0) is 9.47 Å². The quantitative estimate of drug-likeness (QED) is 0.0252. The van der Waals surface area contributed by atoms with Crippen LogP contribution < -0.4 is 0 Å². The van der Waals surface area contributed by atoms with E-state index in [2.05, 4.69) is 13.2 Å². The third kappa shape index (κ3) is 19.9. The van der Waals surface area contributed by atoms with Crippen LogP contribution in [0.25, 0.3) is 0 Å². The summed E-state index contributed by atoms with van der Waals surface area (Å²) in [5, 5.41) is 159. The van der Waals surface area contributed by atoms with Crippen LogP contribution in [0.2, 0.25) is 0 Å². The summed E-state index contributed by atoms with van der Waals surface area (Å²) < 4.78 is 11.5. The standard InChI is InChI=1S/C48H80O17/c1-5-6-7-8-9-10-11-12-13-14-15-16-17-33(52)42(59)47-45(62)37(56)27-39(65-47)46(63)41(58)29(3)19-21-32(51)38-26-36(55)44(61)48(64-38)43(60)34(53)24-28(2)18-20-31(50)25-35(54)40(57)30(4)22-23-49/h5,8-13,16-17,24,30-63H,1,3,6-7,14-15,18-23,25-27H2,2,4H3/b9-8+,11-10+,13-12+,17-16+,28-24+/t30-,31-,32+,33-,34+,35-,36-,37+,38-,39+,40+,41+,42-,43+,44-,45+,46-,47-,48+/m0/s1. The smallest absolute Gasteiger partial charge is 0.115 e. The molecule has 0 amide bonds. The van der Waals surface area contributed by atoms with Crippen molar-refractivity contribution in [3.8, 4) is 0 Å². The van der Waals surface area contributed by atoms with Gasteiger partial charge in [0, 0.05) is 25.9 Å². The Kier molecular flexibility index (Phi) is 27.8. The summed E-state index contributed by atoms with van der Waals surface area (Å²) in [6.07, 6.45) is -6.04. The van der Waals surface area contributed by atoms with E-state index in [4.69, 9.17) is 14.6 Å². The number of unbranched alkanes of at least 4 members (excludes halogenated alkanes) is 2. The van der Waals surface area contributed by atoms with Gasteiger partial charge in [0.2, 0.25) is 0 Å². The van der Waals surface area contributed by atoms with E-state index in [0.29, 0.717) is 18.4 Å². The predicted octanol–water partition coefficient (Wildman–Crippen LogP) is -0.203. The van der Waals surface area contributed by atoms with Crippen molar-refractivity contribution in [1.29, 1.82) is 0 Å². The number of allylic oxidation sites excluding steroid dienone is 9. The molecule has 0 spiro atoms. The maximum Gasteiger partial charge on any atom is 0.115 e. The predicted molar refractivity (Wildman–Crippen MR) is 243 cm³/mol. The molecule has 2 aliphatic heterocycles. The van der Waals surface area contributed by atoms with Gasteiger partial charge in [-0.15, -0.1) is 6.58 Å². The molecule has 0 aromatic rings. The lowest BCUT2D eigenvalue weighted by Gasteiger charge is -2.42. The summed E-state index contributed by atoms with van der Waals surface area (Å²) >= 11 is 0. The van der Waals surface area contributed by atoms with E-state index in [1.165, 1.54) is 12.2 Å². The zero-order valence-corrected chi connectivity index (χ0v) is 37.9. The molecule has 17 nitrogen and oxygen atoms in total. The fourth-order valence-corrected chi connectivity index (χ4v) is 7.79. The van der Waals surface area contributed by atoms with Crippen molar-refractivity contribution in [2.24, 2.45) is 5.92 Å². The fraction of sp³-hybridized carbons (Fsp3) is 0.708. The summed E-state index contributed by atoms with van der Waals surface area (Å²) in [5.41, 5.74) is 0.562. The molecule has 15 N–H and O–H groups in total. The number of hydrogen-bond donors (Lipinski definition) is 15. The average molecular weight is 929 g/mol. The normalized spacial score (nSPS) is 30.0. The summed E-state index contributed by atoms with van der Waals surface area (Å²) in [6.45, 7) is 10.6. The van der Waals surface area contributed by atoms with Crippen molar-refractivity contribution >= 4 is 0 Å². The van der Waals surface area contributed by atoms with Gasteiger partial charge in [0.05, 0.1) is 48.8 Å². The second-order valence-electron chi connectivity index (χ2n) is 17.6. The first-order valence-electron chi connectivity index (χ1n) is 22.8. The zero-order chi connectivity index (χ0) is 48.8. The molecule has 17 heteroatoms. The van der Waals surface area contributed by atoms with E-state index in [9.17, 15) is 71.5 Å². The van der Waals surface area contributed by atoms with Crippen LogP contribution in [0.3, 0.4) is 0 Å². The van der Waals surface area contributed by atoms with Gasteiger partial charge in [-0.1, -0.05) is 79.8 Å². The van der Waals surface area contributed by atoms with Crippen molar-refractivity contribution in [3.05, 3.63) is 85.1 Å². The highest BCUT2D eigenvalue weighted by Gasteiger charge is 2.47. The lowest BCUT2D eigenvalue weighted by Crippen LogP contribution is -2.59. The topological polar surface area (TPSA) is 322 Å². The molecule has 374 valence electrons. The molecule has 0 bridgehead atoms. The van der Waals surface area contributed by atoms with Gasteiger partial charge < -0.3 is 86.1 Å². The second-order valence-corrected chi connectivity index (χ2v) is 17.6. The largest absolute Gasteiger partial charge is 0.396 e. The molecule has 0 aliphatic carbocycles. The third-order valence-electron chi connectivity index (χ3n) is 12.1. The molecule has 65 heavy (non-hydrogen) atoms. The van der Waals surface area contributed by atoms with Gasteiger partial charge in [-0.05, 0) is 76.2 Å². The van der Waals surface area contributed by atoms with Crippen LogP contribution >= 0.6 is 0 Å². The van der Waals surface area contributed by atoms with Crippen LogP contribution in [0.15, 0.2) is 85.1 Å². The highest BCUT2D eigenvalue weighted by atomic mass is 16.6. The SMILES string of the molecule is C=CCC/C=C/C=C/C=C/CC/C=C/[C@H](O)[C@H](O)[C@@H]1O[C@@H]([C@H](O)[C@H](O)C(=C)CC[C@@H](O)[C@@H]2C[C@H](O)[C@H](O)[C@@H]([C@H](O)[C@H](O)/C=C(\C)CC[C@H](O)C[C@H](O)[C@H](O)[C@@H](C)CCO)O2)C[C@@H](O)[C@H]1O. The first-order chi connectivity index (χ1) is 30.7. The first kappa shape index (κ1) is 58.6. The van der Waals surface area contributed by atoms with E-state index >= 15 is 0 Å². The Morgan fingerprint density at radius 2 is 1.20 bits per heavy atom. The van der Waals surface area contributed by atoms with Crippen LogP contribution in [-0.4, -0.2) is 193 Å². The molecule has 2 saturated heterocycles. The Bertz CT molecular complexity index is 1500. The van der Waals surface area contributed by atoms with E-state index in [1.54, 1.807) is 19.9 Å². The summed E-state index contributed by atoms with van der Waals surface area (Å²) in [5.74, 6) is -0.384. The Morgan fingerprint density at radius 3 is 1.78 bits per heavy atom. The lowest BCUT2D eigenvalue weighted by molar-refractivity contribution is -0.234. The Labute approximate surface area is 383 Å². The minimum atomic E-state index is -1.77. The van der Waals surface area contributed by atoms with Crippen molar-refractivity contribution in [2.45, 2.75) is 201 Å². The van der Waals surface area contributed by atoms with Crippen molar-refractivity contribution < 1.29 is 86.1 Å². The van der Waals surface area contributed by atoms with E-state index in [-0.39, 0.29) is 69.5 Å². The second kappa shape index (κ2) is 30.8. The molecule has 0 unspecified atom stereocenters. The van der Waals surface area contributed by atoms with Crippen LogP contribution in [0.4, 0.5) is 0 Å². The first-order valence-corrected chi connectivity index (χ1v) is 22.8. The van der Waals surface area contributed by atoms with Crippen molar-refractivity contribution in [3.63, 3.8) is 0 Å². The van der Waals surface area contributed by atoms with Crippen LogP contribution in [0, 0.1) is 5.92 Å². The lowest BCUT2D eigenvalue weighted by atomic mass is 9.87. The summed E-state index contributed by atoms with van der Waals surface area (Å²) in [4.78, 5) is 0. The highest BCUT2D eigenvalue weighted by Crippen LogP contribution is 2.31. The number of ether oxygens (including phenoxy) is 2. The minimum absolute atomic E-state index is 0.0291.